The smallest absolute Gasteiger partial charge is 0.408 e. The van der Waals surface area contributed by atoms with Crippen LogP contribution in [0, 0.1) is 17.8 Å². The van der Waals surface area contributed by atoms with Gasteiger partial charge in [-0.3, -0.25) is 0 Å². The second kappa shape index (κ2) is 11.5. The fourth-order valence-electron chi connectivity index (χ4n) is 3.94. The van der Waals surface area contributed by atoms with Gasteiger partial charge in [0.1, 0.15) is 11.7 Å². The van der Waals surface area contributed by atoms with Crippen LogP contribution in [0.5, 0.6) is 0 Å². The highest BCUT2D eigenvalue weighted by Gasteiger charge is 2.35. The van der Waals surface area contributed by atoms with Crippen LogP contribution in [0.15, 0.2) is 30.3 Å². The first kappa shape index (κ1) is 25.2. The number of esters is 1. The SMILES string of the molecule is CC(C)CC[C@@H]1[C@@H](Cc2ccccc2)COC[C@H](NC(=O)OC(C)(C)C)C(=O)O[C@H]1C. The summed E-state index contributed by atoms with van der Waals surface area (Å²) >= 11 is 0. The number of ether oxygens (including phenoxy) is 3. The van der Waals surface area contributed by atoms with Crippen LogP contribution in [0.1, 0.15) is 59.9 Å². The standard InChI is InChI=1S/C25H39NO5/c1-17(2)12-13-21-18(3)30-23(27)22(26-24(28)31-25(4,5)6)16-29-15-20(21)14-19-10-8-7-9-11-19/h7-11,17-18,20-22H,12-16H2,1-6H3,(H,26,28)/t18-,20-,21-,22-/m0/s1. The average Bonchev–Trinajstić information content (AvgIpc) is 2.70. The summed E-state index contributed by atoms with van der Waals surface area (Å²) in [5.74, 6) is 0.472. The van der Waals surface area contributed by atoms with E-state index < -0.39 is 23.7 Å². The molecule has 1 aliphatic heterocycles. The van der Waals surface area contributed by atoms with E-state index in [4.69, 9.17) is 14.2 Å². The lowest BCUT2D eigenvalue weighted by atomic mass is 9.80. The highest BCUT2D eigenvalue weighted by Crippen LogP contribution is 2.30. The Labute approximate surface area is 187 Å². The van der Waals surface area contributed by atoms with E-state index in [0.717, 1.165) is 19.3 Å². The third kappa shape index (κ3) is 8.90. The summed E-state index contributed by atoms with van der Waals surface area (Å²) in [7, 11) is 0. The molecule has 0 aliphatic carbocycles. The van der Waals surface area contributed by atoms with Crippen LogP contribution in [0.2, 0.25) is 0 Å². The van der Waals surface area contributed by atoms with Gasteiger partial charge in [-0.25, -0.2) is 9.59 Å². The molecule has 1 fully saturated rings. The van der Waals surface area contributed by atoms with E-state index in [1.807, 2.05) is 25.1 Å². The molecule has 1 aromatic carbocycles. The van der Waals surface area contributed by atoms with Crippen molar-refractivity contribution in [1.82, 2.24) is 5.32 Å². The lowest BCUT2D eigenvalue weighted by Crippen LogP contribution is -2.47. The Morgan fingerprint density at radius 2 is 1.87 bits per heavy atom. The zero-order valence-corrected chi connectivity index (χ0v) is 19.9. The first-order valence-electron chi connectivity index (χ1n) is 11.4. The van der Waals surface area contributed by atoms with Crippen molar-refractivity contribution in [3.05, 3.63) is 35.9 Å². The highest BCUT2D eigenvalue weighted by molar-refractivity contribution is 5.81. The Bertz CT molecular complexity index is 698. The van der Waals surface area contributed by atoms with Crippen molar-refractivity contribution in [2.75, 3.05) is 13.2 Å². The van der Waals surface area contributed by atoms with Gasteiger partial charge < -0.3 is 19.5 Å². The van der Waals surface area contributed by atoms with Gasteiger partial charge in [0, 0.05) is 5.92 Å². The maximum Gasteiger partial charge on any atom is 0.408 e. The summed E-state index contributed by atoms with van der Waals surface area (Å²) in [5.41, 5.74) is 0.593. The van der Waals surface area contributed by atoms with E-state index in [0.29, 0.717) is 12.5 Å². The van der Waals surface area contributed by atoms with Crippen LogP contribution in [0.3, 0.4) is 0 Å². The second-order valence-electron chi connectivity index (χ2n) is 9.96. The molecule has 1 N–H and O–H groups in total. The molecule has 1 aliphatic rings. The van der Waals surface area contributed by atoms with Gasteiger partial charge in [-0.2, -0.15) is 0 Å². The monoisotopic (exact) mass is 433 g/mol. The van der Waals surface area contributed by atoms with E-state index in [1.54, 1.807) is 20.8 Å². The summed E-state index contributed by atoms with van der Waals surface area (Å²) in [6.45, 7) is 12.3. The first-order chi connectivity index (χ1) is 14.5. The zero-order valence-electron chi connectivity index (χ0n) is 19.9. The molecule has 0 aromatic heterocycles. The molecule has 6 heteroatoms. The molecule has 0 radical (unpaired) electrons. The van der Waals surface area contributed by atoms with Crippen molar-refractivity contribution >= 4 is 12.1 Å². The molecular formula is C25H39NO5. The number of carbonyl (C=O) groups excluding carboxylic acids is 2. The number of hydrogen-bond donors (Lipinski definition) is 1. The first-order valence-corrected chi connectivity index (χ1v) is 11.4. The molecule has 6 nitrogen and oxygen atoms in total. The molecule has 1 heterocycles. The van der Waals surface area contributed by atoms with Crippen LogP contribution >= 0.6 is 0 Å². The minimum absolute atomic E-state index is 0.0625. The molecule has 174 valence electrons. The van der Waals surface area contributed by atoms with Gasteiger partial charge in [0.15, 0.2) is 6.04 Å². The van der Waals surface area contributed by atoms with E-state index in [9.17, 15) is 9.59 Å². The second-order valence-corrected chi connectivity index (χ2v) is 9.96. The number of alkyl carbamates (subject to hydrolysis) is 1. The topological polar surface area (TPSA) is 73.9 Å². The highest BCUT2D eigenvalue weighted by atomic mass is 16.6. The summed E-state index contributed by atoms with van der Waals surface area (Å²) in [6, 6.07) is 9.44. The predicted molar refractivity (Wildman–Crippen MR) is 121 cm³/mol. The third-order valence-corrected chi connectivity index (χ3v) is 5.52. The maximum atomic E-state index is 12.8. The normalized spacial score (nSPS) is 25.2. The van der Waals surface area contributed by atoms with E-state index in [1.165, 1.54) is 5.56 Å². The minimum Gasteiger partial charge on any atom is -0.461 e. The van der Waals surface area contributed by atoms with Crippen LogP contribution in [-0.2, 0) is 25.4 Å². The Kier molecular flexibility index (Phi) is 9.35. The average molecular weight is 434 g/mol. The van der Waals surface area contributed by atoms with Crippen LogP contribution < -0.4 is 5.32 Å². The fraction of sp³-hybridized carbons (Fsp3) is 0.680. The molecule has 0 saturated carbocycles. The zero-order chi connectivity index (χ0) is 23.0. The molecule has 4 atom stereocenters. The summed E-state index contributed by atoms with van der Waals surface area (Å²) in [4.78, 5) is 25.0. The van der Waals surface area contributed by atoms with E-state index >= 15 is 0 Å². The quantitative estimate of drug-likeness (QED) is 0.655. The molecule has 31 heavy (non-hydrogen) atoms. The van der Waals surface area contributed by atoms with Crippen molar-refractivity contribution in [2.45, 2.75) is 78.6 Å². The largest absolute Gasteiger partial charge is 0.461 e. The van der Waals surface area contributed by atoms with Gasteiger partial charge >= 0.3 is 12.1 Å². The molecule has 1 aromatic rings. The van der Waals surface area contributed by atoms with Crippen LogP contribution in [-0.4, -0.2) is 43.0 Å². The lowest BCUT2D eigenvalue weighted by Gasteiger charge is -2.31. The van der Waals surface area contributed by atoms with Crippen molar-refractivity contribution in [3.63, 3.8) is 0 Å². The molecule has 1 amide bonds. The van der Waals surface area contributed by atoms with Gasteiger partial charge in [0.25, 0.3) is 0 Å². The molecule has 1 saturated heterocycles. The Morgan fingerprint density at radius 1 is 1.19 bits per heavy atom. The van der Waals surface area contributed by atoms with Crippen molar-refractivity contribution in [3.8, 4) is 0 Å². The van der Waals surface area contributed by atoms with Gasteiger partial charge in [-0.1, -0.05) is 50.6 Å². The Balaban J connectivity index is 2.15. The molecule has 0 unspecified atom stereocenters. The number of benzene rings is 1. The Hall–Kier alpha value is -2.08. The molecule has 0 spiro atoms. The fourth-order valence-corrected chi connectivity index (χ4v) is 3.94. The van der Waals surface area contributed by atoms with Crippen molar-refractivity contribution in [1.29, 1.82) is 0 Å². The van der Waals surface area contributed by atoms with Gasteiger partial charge in [0.05, 0.1) is 13.2 Å². The van der Waals surface area contributed by atoms with E-state index in [2.05, 4.69) is 31.3 Å². The summed E-state index contributed by atoms with van der Waals surface area (Å²) in [6.07, 6.45) is 1.94. The van der Waals surface area contributed by atoms with Crippen molar-refractivity contribution in [2.24, 2.45) is 17.8 Å². The third-order valence-electron chi connectivity index (χ3n) is 5.52. The number of carbonyl (C=O) groups is 2. The number of rotatable bonds is 6. The Morgan fingerprint density at radius 3 is 2.48 bits per heavy atom. The molecule has 2 rings (SSSR count). The lowest BCUT2D eigenvalue weighted by molar-refractivity contribution is -0.154. The van der Waals surface area contributed by atoms with Gasteiger partial charge in [-0.05, 0) is 57.9 Å². The molecule has 0 bridgehead atoms. The van der Waals surface area contributed by atoms with E-state index in [-0.39, 0.29) is 24.5 Å². The summed E-state index contributed by atoms with van der Waals surface area (Å²) in [5, 5.41) is 2.61. The number of hydrogen-bond acceptors (Lipinski definition) is 5. The maximum absolute atomic E-state index is 12.8. The molecular weight excluding hydrogens is 394 g/mol. The number of amides is 1. The van der Waals surface area contributed by atoms with Crippen LogP contribution in [0.25, 0.3) is 0 Å². The number of nitrogens with one attached hydrogen (secondary N) is 1. The van der Waals surface area contributed by atoms with Crippen LogP contribution in [0.4, 0.5) is 4.79 Å². The number of cyclic esters (lactones) is 1. The minimum atomic E-state index is -0.890. The predicted octanol–water partition coefficient (Wildman–Crippen LogP) is 4.75. The van der Waals surface area contributed by atoms with Gasteiger partial charge in [-0.15, -0.1) is 0 Å². The van der Waals surface area contributed by atoms with Crippen molar-refractivity contribution < 1.29 is 23.8 Å². The summed E-state index contributed by atoms with van der Waals surface area (Å²) < 4.78 is 17.1. The van der Waals surface area contributed by atoms with Gasteiger partial charge in [0.2, 0.25) is 0 Å².